The van der Waals surface area contributed by atoms with Crippen LogP contribution in [0.2, 0.25) is 0 Å². The summed E-state index contributed by atoms with van der Waals surface area (Å²) in [5, 5.41) is 7.83. The van der Waals surface area contributed by atoms with Crippen molar-refractivity contribution >= 4 is 71.6 Å². The maximum Gasteiger partial charge on any atom is 0.164 e. The molecule has 0 amide bonds. The fourth-order valence-corrected chi connectivity index (χ4v) is 9.50. The van der Waals surface area contributed by atoms with Crippen molar-refractivity contribution < 1.29 is 8.83 Å². The molecule has 8 aromatic carbocycles. The average Bonchev–Trinajstić information content (AvgIpc) is 4.01. The number of fused-ring (bicyclic) bond motifs is 10. The van der Waals surface area contributed by atoms with E-state index in [0.29, 0.717) is 17.5 Å². The zero-order valence-electron chi connectivity index (χ0n) is 32.8. The molecule has 6 nitrogen and oxygen atoms in total. The van der Waals surface area contributed by atoms with Crippen molar-refractivity contribution in [3.63, 3.8) is 0 Å². The maximum atomic E-state index is 6.98. The standard InChI is InChI=1S/C55H34N4O2/c1-2-13-33(14-3-1)34-25-27-35(28-26-34)53-56-54(41-20-12-24-49-50(41)39-18-7-10-22-47(39)60-49)58-55(57-53)42-29-30-45(52-51(42)40-19-8-11-23-48(40)61-52)59-44-21-9-6-17-38(44)43-31-36-15-4-5-16-37(36)32-46(43)59/h1-7,9-18,20-32H,8,19H2. The van der Waals surface area contributed by atoms with Gasteiger partial charge >= 0.3 is 0 Å². The van der Waals surface area contributed by atoms with Gasteiger partial charge in [-0.15, -0.1) is 0 Å². The highest BCUT2D eigenvalue weighted by Gasteiger charge is 2.26. The van der Waals surface area contributed by atoms with Crippen LogP contribution < -0.4 is 0 Å². The molecule has 0 atom stereocenters. The molecule has 0 N–H and O–H groups in total. The van der Waals surface area contributed by atoms with Gasteiger partial charge in [0.25, 0.3) is 0 Å². The van der Waals surface area contributed by atoms with Gasteiger partial charge in [-0.1, -0.05) is 133 Å². The molecule has 1 aliphatic rings. The largest absolute Gasteiger partial charge is 0.456 e. The zero-order chi connectivity index (χ0) is 40.0. The van der Waals surface area contributed by atoms with Gasteiger partial charge in [0.05, 0.1) is 16.7 Å². The monoisotopic (exact) mass is 782 g/mol. The molecule has 0 aliphatic heterocycles. The Balaban J connectivity index is 1.08. The van der Waals surface area contributed by atoms with E-state index < -0.39 is 0 Å². The summed E-state index contributed by atoms with van der Waals surface area (Å²) in [4.78, 5) is 15.9. The Morgan fingerprint density at radius 2 is 1.13 bits per heavy atom. The number of allylic oxidation sites excluding steroid dienone is 1. The van der Waals surface area contributed by atoms with Gasteiger partial charge in [-0.3, -0.25) is 0 Å². The molecule has 0 radical (unpaired) electrons. The summed E-state index contributed by atoms with van der Waals surface area (Å²) < 4.78 is 15.7. The molecule has 61 heavy (non-hydrogen) atoms. The van der Waals surface area contributed by atoms with Crippen LogP contribution in [-0.4, -0.2) is 19.5 Å². The van der Waals surface area contributed by atoms with Gasteiger partial charge < -0.3 is 13.4 Å². The molecular weight excluding hydrogens is 749 g/mol. The zero-order valence-corrected chi connectivity index (χ0v) is 32.8. The van der Waals surface area contributed by atoms with Gasteiger partial charge in [-0.05, 0) is 83.3 Å². The Hall–Kier alpha value is -8.09. The molecule has 0 bridgehead atoms. The molecule has 6 heteroatoms. The van der Waals surface area contributed by atoms with Crippen LogP contribution in [0.3, 0.4) is 0 Å². The Labute approximate surface area is 349 Å². The van der Waals surface area contributed by atoms with Crippen LogP contribution in [0, 0.1) is 0 Å². The molecule has 13 rings (SSSR count). The number of aryl methyl sites for hydroxylation is 1. The number of para-hydroxylation sites is 2. The fraction of sp³-hybridized carbons (Fsp3) is 0.0364. The lowest BCUT2D eigenvalue weighted by atomic mass is 9.96. The number of furan rings is 2. The lowest BCUT2D eigenvalue weighted by Crippen LogP contribution is -2.02. The third kappa shape index (κ3) is 5.25. The molecule has 4 heterocycles. The van der Waals surface area contributed by atoms with Crippen LogP contribution in [0.4, 0.5) is 0 Å². The molecule has 286 valence electrons. The van der Waals surface area contributed by atoms with Crippen LogP contribution in [-0.2, 0) is 6.42 Å². The molecular formula is C55H34N4O2. The minimum Gasteiger partial charge on any atom is -0.456 e. The van der Waals surface area contributed by atoms with Gasteiger partial charge in [0.2, 0.25) is 0 Å². The Kier molecular flexibility index (Phi) is 7.33. The normalized spacial score (nSPS) is 12.7. The average molecular weight is 783 g/mol. The first kappa shape index (κ1) is 33.8. The second kappa shape index (κ2) is 13.2. The van der Waals surface area contributed by atoms with Crippen molar-refractivity contribution in [1.29, 1.82) is 0 Å². The van der Waals surface area contributed by atoms with Crippen molar-refractivity contribution in [2.75, 3.05) is 0 Å². The van der Waals surface area contributed by atoms with E-state index in [2.05, 4.69) is 150 Å². The number of aromatic nitrogens is 4. The summed E-state index contributed by atoms with van der Waals surface area (Å²) in [5.41, 5.74) is 11.8. The van der Waals surface area contributed by atoms with E-state index in [4.69, 9.17) is 23.8 Å². The fourth-order valence-electron chi connectivity index (χ4n) is 9.50. The van der Waals surface area contributed by atoms with Crippen molar-refractivity contribution in [3.05, 3.63) is 187 Å². The van der Waals surface area contributed by atoms with Crippen LogP contribution in [0.5, 0.6) is 0 Å². The van der Waals surface area contributed by atoms with Crippen LogP contribution in [0.15, 0.2) is 185 Å². The molecule has 12 aromatic rings. The van der Waals surface area contributed by atoms with Gasteiger partial charge in [-0.25, -0.2) is 15.0 Å². The maximum absolute atomic E-state index is 6.98. The topological polar surface area (TPSA) is 69.9 Å². The summed E-state index contributed by atoms with van der Waals surface area (Å²) in [6, 6.07) is 59.4. The summed E-state index contributed by atoms with van der Waals surface area (Å²) >= 11 is 0. The molecule has 0 spiro atoms. The Morgan fingerprint density at radius 1 is 0.459 bits per heavy atom. The minimum atomic E-state index is 0.577. The van der Waals surface area contributed by atoms with Gasteiger partial charge in [0, 0.05) is 49.2 Å². The number of hydrogen-bond donors (Lipinski definition) is 0. The number of benzene rings is 8. The molecule has 0 fully saturated rings. The molecule has 4 aromatic heterocycles. The van der Waals surface area contributed by atoms with Gasteiger partial charge in [0.1, 0.15) is 16.9 Å². The predicted octanol–water partition coefficient (Wildman–Crippen LogP) is 14.4. The van der Waals surface area contributed by atoms with Crippen LogP contribution in [0.25, 0.3) is 123 Å². The van der Waals surface area contributed by atoms with E-state index in [1.165, 1.54) is 27.1 Å². The van der Waals surface area contributed by atoms with Crippen molar-refractivity contribution in [3.8, 4) is 51.0 Å². The van der Waals surface area contributed by atoms with E-state index in [-0.39, 0.29) is 0 Å². The first-order valence-corrected chi connectivity index (χ1v) is 20.7. The summed E-state index contributed by atoms with van der Waals surface area (Å²) in [5.74, 6) is 2.63. The van der Waals surface area contributed by atoms with E-state index in [1.54, 1.807) is 0 Å². The first-order chi connectivity index (χ1) is 30.2. The van der Waals surface area contributed by atoms with E-state index in [0.717, 1.165) is 96.0 Å². The van der Waals surface area contributed by atoms with Crippen molar-refractivity contribution in [2.45, 2.75) is 12.8 Å². The van der Waals surface area contributed by atoms with Gasteiger partial charge in [0.15, 0.2) is 23.1 Å². The van der Waals surface area contributed by atoms with Gasteiger partial charge in [-0.2, -0.15) is 0 Å². The number of nitrogens with zero attached hydrogens (tertiary/aromatic N) is 4. The van der Waals surface area contributed by atoms with Crippen molar-refractivity contribution in [2.24, 2.45) is 0 Å². The van der Waals surface area contributed by atoms with E-state index >= 15 is 0 Å². The highest BCUT2D eigenvalue weighted by atomic mass is 16.3. The molecule has 0 saturated carbocycles. The minimum absolute atomic E-state index is 0.577. The quantitative estimate of drug-likeness (QED) is 0.174. The first-order valence-electron chi connectivity index (χ1n) is 20.7. The number of hydrogen-bond acceptors (Lipinski definition) is 5. The second-order valence-corrected chi connectivity index (χ2v) is 15.8. The Morgan fingerprint density at radius 3 is 1.98 bits per heavy atom. The van der Waals surface area contributed by atoms with Crippen molar-refractivity contribution in [1.82, 2.24) is 19.5 Å². The van der Waals surface area contributed by atoms with E-state index in [1.807, 2.05) is 36.4 Å². The molecule has 0 unspecified atom stereocenters. The summed E-state index contributed by atoms with van der Waals surface area (Å²) in [6.45, 7) is 0. The molecule has 0 saturated heterocycles. The lowest BCUT2D eigenvalue weighted by Gasteiger charge is -2.14. The Bertz CT molecular complexity index is 3760. The predicted molar refractivity (Wildman–Crippen MR) is 248 cm³/mol. The third-order valence-electron chi connectivity index (χ3n) is 12.3. The third-order valence-corrected chi connectivity index (χ3v) is 12.3. The SMILES string of the molecule is C1=Cc2oc3c(-n4c5ccccc5c5cc6ccccc6cc54)ccc(-c4nc(-c5ccc(-c6ccccc6)cc5)nc(-c5cccc6oc7ccccc7c56)n4)c3c2CC1. The van der Waals surface area contributed by atoms with E-state index in [9.17, 15) is 0 Å². The summed E-state index contributed by atoms with van der Waals surface area (Å²) in [6.07, 6.45) is 6.09. The van der Waals surface area contributed by atoms with Crippen LogP contribution in [0.1, 0.15) is 17.7 Å². The second-order valence-electron chi connectivity index (χ2n) is 15.8. The molecule has 1 aliphatic carbocycles. The van der Waals surface area contributed by atoms with Crippen LogP contribution >= 0.6 is 0 Å². The highest BCUT2D eigenvalue weighted by molar-refractivity contribution is 6.15. The smallest absolute Gasteiger partial charge is 0.164 e. The summed E-state index contributed by atoms with van der Waals surface area (Å²) in [7, 11) is 0. The number of rotatable bonds is 5. The lowest BCUT2D eigenvalue weighted by molar-refractivity contribution is 0.594. The highest BCUT2D eigenvalue weighted by Crippen LogP contribution is 2.44.